The molecule has 1 saturated carbocycles. The Morgan fingerprint density at radius 2 is 1.68 bits per heavy atom. The predicted octanol–water partition coefficient (Wildman–Crippen LogP) is 7.44. The number of carbonyl (C=O) groups is 1. The fourth-order valence-corrected chi connectivity index (χ4v) is 10.8. The first kappa shape index (κ1) is 40.9. The van der Waals surface area contributed by atoms with Crippen LogP contribution in [-0.4, -0.2) is 73.0 Å². The number of fused-ring (bicyclic) bond motifs is 3. The minimum atomic E-state index is -0.857. The van der Waals surface area contributed by atoms with E-state index >= 15 is 13.6 Å². The van der Waals surface area contributed by atoms with Gasteiger partial charge in [-0.25, -0.2) is 23.1 Å². The molecule has 1 amide bonds. The second-order valence-corrected chi connectivity index (χ2v) is 18.8. The number of ether oxygens (including phenoxy) is 1. The van der Waals surface area contributed by atoms with Crippen LogP contribution in [0.1, 0.15) is 103 Å². The number of halogens is 2. The highest BCUT2D eigenvalue weighted by Gasteiger charge is 2.59. The van der Waals surface area contributed by atoms with Crippen LogP contribution >= 0.6 is 0 Å². The molecule has 3 aromatic carbocycles. The Bertz CT molecular complexity index is 3380. The minimum absolute atomic E-state index is 0.00109. The standard InChI is InChI=1S/C48H48F2N10O5/c1-25-18-32(19-26(2)40(25)49)60-42(58-16-15-57(46(58)63)37-11-10-36-33(41(37)50)24-51-55(36)7)39-28(4)56(14-12-34(39)53-60)43(61)38-21-31-20-29(30-13-17-64-47(5,6)23-30)8-9-35(31)59(38)48(22-27(48)3)44-52-45(62)65-54-44/h8-11,15-16,18-21,24,27-28,30H,12-14,17,22-23H2,1-7H3,(H,52,54,62)/t27-,28+,30+,48+/m1/s1. The van der Waals surface area contributed by atoms with Crippen molar-refractivity contribution in [1.82, 2.24) is 48.3 Å². The molecule has 2 aliphatic heterocycles. The molecule has 7 heterocycles. The minimum Gasteiger partial charge on any atom is -0.376 e. The fourth-order valence-electron chi connectivity index (χ4n) is 10.8. The molecule has 8 aromatic rings. The number of benzene rings is 3. The fraction of sp³-hybridized carbons (Fsp3) is 0.375. The molecule has 3 aliphatic rings. The van der Waals surface area contributed by atoms with Crippen molar-refractivity contribution in [2.45, 2.75) is 90.3 Å². The zero-order valence-electron chi connectivity index (χ0n) is 37.1. The normalized spacial score (nSPS) is 21.7. The van der Waals surface area contributed by atoms with Crippen molar-refractivity contribution in [2.24, 2.45) is 13.0 Å². The number of aryl methyl sites for hydroxylation is 3. The lowest BCUT2D eigenvalue weighted by atomic mass is 9.83. The molecule has 17 heteroatoms. The molecule has 0 unspecified atom stereocenters. The summed E-state index contributed by atoms with van der Waals surface area (Å²) in [5, 5.41) is 14.6. The number of aromatic nitrogens is 9. The monoisotopic (exact) mass is 882 g/mol. The Morgan fingerprint density at radius 1 is 0.938 bits per heavy atom. The summed E-state index contributed by atoms with van der Waals surface area (Å²) in [5.41, 5.74) is 3.92. The van der Waals surface area contributed by atoms with Crippen LogP contribution in [0.4, 0.5) is 8.78 Å². The van der Waals surface area contributed by atoms with Gasteiger partial charge in [-0.15, -0.1) is 0 Å². The average molecular weight is 883 g/mol. The summed E-state index contributed by atoms with van der Waals surface area (Å²) in [6.07, 6.45) is 7.17. The van der Waals surface area contributed by atoms with Gasteiger partial charge in [0.15, 0.2) is 11.6 Å². The smallest absolute Gasteiger partial charge is 0.376 e. The lowest BCUT2D eigenvalue weighted by Crippen LogP contribution is -2.41. The highest BCUT2D eigenvalue weighted by molar-refractivity contribution is 6.00. The van der Waals surface area contributed by atoms with Gasteiger partial charge in [0.2, 0.25) is 0 Å². The van der Waals surface area contributed by atoms with Gasteiger partial charge >= 0.3 is 11.4 Å². The van der Waals surface area contributed by atoms with Crippen molar-refractivity contribution in [3.63, 3.8) is 0 Å². The SMILES string of the molecule is Cc1cc(-n2nc3c(c2-n2ccn(-c4ccc5c(cnn5C)c4F)c2=O)[C@H](C)N(C(=O)c2cc4cc([C@H]5CCOC(C)(C)C5)ccc4n2[C@@]2(c4noc(=O)[nH]4)C[C@H]2C)CC3)cc(C)c1F. The molecule has 15 nitrogen and oxygen atoms in total. The van der Waals surface area contributed by atoms with Crippen LogP contribution in [0.5, 0.6) is 0 Å². The zero-order valence-corrected chi connectivity index (χ0v) is 37.1. The van der Waals surface area contributed by atoms with Crippen molar-refractivity contribution < 1.29 is 22.8 Å². The van der Waals surface area contributed by atoms with E-state index in [4.69, 9.17) is 14.4 Å². The van der Waals surface area contributed by atoms with E-state index in [9.17, 15) is 9.59 Å². The Labute approximate surface area is 370 Å². The average Bonchev–Trinajstić information content (AvgIpc) is 3.90. The first-order valence-corrected chi connectivity index (χ1v) is 22.0. The van der Waals surface area contributed by atoms with Gasteiger partial charge in [-0.1, -0.05) is 18.1 Å². The van der Waals surface area contributed by atoms with E-state index in [1.165, 1.54) is 21.5 Å². The molecule has 11 rings (SSSR count). The summed E-state index contributed by atoms with van der Waals surface area (Å²) in [7, 11) is 1.72. The number of rotatable bonds is 7. The summed E-state index contributed by atoms with van der Waals surface area (Å²) < 4.78 is 50.2. The Balaban J connectivity index is 1.06. The summed E-state index contributed by atoms with van der Waals surface area (Å²) >= 11 is 0. The highest BCUT2D eigenvalue weighted by atomic mass is 19.1. The highest BCUT2D eigenvalue weighted by Crippen LogP contribution is 2.56. The molecule has 0 radical (unpaired) electrons. The third kappa shape index (κ3) is 6.14. The van der Waals surface area contributed by atoms with Crippen LogP contribution in [0, 0.1) is 31.4 Å². The molecule has 1 saturated heterocycles. The molecular weight excluding hydrogens is 835 g/mol. The topological polar surface area (TPSA) is 156 Å². The number of aromatic amines is 1. The van der Waals surface area contributed by atoms with Gasteiger partial charge in [-0.2, -0.15) is 10.2 Å². The second-order valence-electron chi connectivity index (χ2n) is 18.8. The molecule has 4 atom stereocenters. The van der Waals surface area contributed by atoms with Crippen molar-refractivity contribution in [2.75, 3.05) is 13.2 Å². The van der Waals surface area contributed by atoms with Crippen molar-refractivity contribution in [3.05, 3.63) is 139 Å². The number of H-pyrrole nitrogens is 1. The third-order valence-electron chi connectivity index (χ3n) is 14.2. The molecule has 1 aliphatic carbocycles. The van der Waals surface area contributed by atoms with Gasteiger partial charge in [0.1, 0.15) is 22.9 Å². The number of hydrogen-bond donors (Lipinski definition) is 1. The molecule has 0 bridgehead atoms. The molecule has 65 heavy (non-hydrogen) atoms. The molecule has 1 N–H and O–H groups in total. The van der Waals surface area contributed by atoms with Gasteiger partial charge in [-0.3, -0.25) is 28.1 Å². The predicted molar refractivity (Wildman–Crippen MR) is 237 cm³/mol. The van der Waals surface area contributed by atoms with Crippen LogP contribution in [0.15, 0.2) is 81.2 Å². The van der Waals surface area contributed by atoms with Crippen molar-refractivity contribution >= 4 is 27.7 Å². The number of nitrogens with one attached hydrogen (secondary N) is 1. The van der Waals surface area contributed by atoms with Crippen LogP contribution in [-0.2, 0) is 23.7 Å². The van der Waals surface area contributed by atoms with E-state index in [0.717, 1.165) is 29.3 Å². The molecular formula is C48H48F2N10O5. The van der Waals surface area contributed by atoms with Gasteiger partial charge in [-0.05, 0) is 125 Å². The van der Waals surface area contributed by atoms with Gasteiger partial charge in [0.25, 0.3) is 5.91 Å². The van der Waals surface area contributed by atoms with Crippen molar-refractivity contribution in [3.8, 4) is 17.2 Å². The summed E-state index contributed by atoms with van der Waals surface area (Å²) in [4.78, 5) is 47.2. The van der Waals surface area contributed by atoms with E-state index in [2.05, 4.69) is 54.2 Å². The molecule has 334 valence electrons. The van der Waals surface area contributed by atoms with Gasteiger partial charge in [0.05, 0.1) is 45.8 Å². The molecule has 0 spiro atoms. The second kappa shape index (κ2) is 14.3. The zero-order chi connectivity index (χ0) is 45.4. The lowest BCUT2D eigenvalue weighted by molar-refractivity contribution is -0.0592. The van der Waals surface area contributed by atoms with E-state index < -0.39 is 28.8 Å². The first-order chi connectivity index (χ1) is 31.1. The third-order valence-corrected chi connectivity index (χ3v) is 14.2. The van der Waals surface area contributed by atoms with Gasteiger partial charge < -0.3 is 14.2 Å². The number of amides is 1. The van der Waals surface area contributed by atoms with E-state index in [-0.39, 0.29) is 40.2 Å². The molecule has 2 fully saturated rings. The summed E-state index contributed by atoms with van der Waals surface area (Å²) in [5.74, 6) is -0.925. The molecule has 5 aromatic heterocycles. The summed E-state index contributed by atoms with van der Waals surface area (Å²) in [6.45, 7) is 12.5. The van der Waals surface area contributed by atoms with Crippen LogP contribution in [0.2, 0.25) is 0 Å². The van der Waals surface area contributed by atoms with E-state index in [1.807, 2.05) is 17.6 Å². The van der Waals surface area contributed by atoms with Crippen LogP contribution in [0.3, 0.4) is 0 Å². The van der Waals surface area contributed by atoms with Crippen LogP contribution < -0.4 is 11.4 Å². The quantitative estimate of drug-likeness (QED) is 0.173. The number of hydrogen-bond acceptors (Lipinski definition) is 8. The maximum Gasteiger partial charge on any atom is 0.438 e. The maximum absolute atomic E-state index is 16.1. The van der Waals surface area contributed by atoms with Crippen molar-refractivity contribution in [1.29, 1.82) is 0 Å². The number of carbonyl (C=O) groups excluding carboxylic acids is 1. The first-order valence-electron chi connectivity index (χ1n) is 22.0. The van der Waals surface area contributed by atoms with E-state index in [1.54, 1.807) is 65.6 Å². The summed E-state index contributed by atoms with van der Waals surface area (Å²) in [6, 6.07) is 14.3. The van der Waals surface area contributed by atoms with Gasteiger partial charge in [0, 0.05) is 55.5 Å². The maximum atomic E-state index is 16.1. The van der Waals surface area contributed by atoms with Crippen LogP contribution in [0.25, 0.3) is 39.0 Å². The largest absolute Gasteiger partial charge is 0.438 e. The number of nitrogens with zero attached hydrogens (tertiary/aromatic N) is 9. The van der Waals surface area contributed by atoms with E-state index in [0.29, 0.717) is 76.9 Å². The Kier molecular flexibility index (Phi) is 9.00. The number of imidazole rings is 1. The lowest BCUT2D eigenvalue weighted by Gasteiger charge is -2.35. The Morgan fingerprint density at radius 3 is 2.38 bits per heavy atom. The Hall–Kier alpha value is -6.88.